The normalized spacial score (nSPS) is 15.8. The molecule has 0 heterocycles. The van der Waals surface area contributed by atoms with Gasteiger partial charge in [-0.25, -0.2) is 4.79 Å². The van der Waals surface area contributed by atoms with Gasteiger partial charge in [-0.05, 0) is 71.4 Å². The van der Waals surface area contributed by atoms with Crippen LogP contribution in [0.15, 0.2) is 42.5 Å². The molecular weight excluding hydrogens is 388 g/mol. The monoisotopic (exact) mass is 424 g/mol. The first-order valence-corrected chi connectivity index (χ1v) is 12.7. The Morgan fingerprint density at radius 1 is 1.10 bits per heavy atom. The van der Waals surface area contributed by atoms with Crippen molar-refractivity contribution >= 4 is 17.7 Å². The van der Waals surface area contributed by atoms with Gasteiger partial charge in [0.05, 0.1) is 5.56 Å². The Labute approximate surface area is 186 Å². The molecule has 0 spiro atoms. The van der Waals surface area contributed by atoms with Gasteiger partial charge in [0.1, 0.15) is 0 Å². The molecule has 0 aromatic heterocycles. The van der Waals surface area contributed by atoms with E-state index >= 15 is 0 Å². The summed E-state index contributed by atoms with van der Waals surface area (Å²) in [5.74, 6) is 3.09. The van der Waals surface area contributed by atoms with Gasteiger partial charge >= 0.3 is 5.97 Å². The van der Waals surface area contributed by atoms with Crippen molar-refractivity contribution in [2.75, 3.05) is 11.5 Å². The lowest BCUT2D eigenvalue weighted by Gasteiger charge is -2.24. The Balaban J connectivity index is 1.78. The summed E-state index contributed by atoms with van der Waals surface area (Å²) in [6.07, 6.45) is 10.8. The number of hydrogen-bond donors (Lipinski definition) is 1. The topological polar surface area (TPSA) is 37.3 Å². The largest absolute Gasteiger partial charge is 0.478 e. The molecule has 1 unspecified atom stereocenters. The Morgan fingerprint density at radius 2 is 1.87 bits per heavy atom. The first kappa shape index (κ1) is 22.9. The molecule has 0 bridgehead atoms. The first-order chi connectivity index (χ1) is 14.6. The molecule has 0 saturated heterocycles. The Bertz CT molecular complexity index is 823. The lowest BCUT2D eigenvalue weighted by Crippen LogP contribution is -2.13. The second-order valence-corrected chi connectivity index (χ2v) is 10.1. The highest BCUT2D eigenvalue weighted by atomic mass is 32.2. The van der Waals surface area contributed by atoms with E-state index in [-0.39, 0.29) is 0 Å². The van der Waals surface area contributed by atoms with Gasteiger partial charge in [0, 0.05) is 0 Å². The zero-order valence-corrected chi connectivity index (χ0v) is 19.3. The number of aromatic carboxylic acids is 1. The highest BCUT2D eigenvalue weighted by molar-refractivity contribution is 7.99. The molecule has 1 aliphatic carbocycles. The van der Waals surface area contributed by atoms with Crippen LogP contribution in [-0.2, 0) is 6.42 Å². The summed E-state index contributed by atoms with van der Waals surface area (Å²) in [4.78, 5) is 11.9. The number of thioether (sulfide) groups is 1. The average Bonchev–Trinajstić information content (AvgIpc) is 2.76. The fraction of sp³-hybridized carbons (Fsp3) is 0.519. The van der Waals surface area contributed by atoms with Gasteiger partial charge in [-0.3, -0.25) is 0 Å². The Morgan fingerprint density at radius 3 is 2.57 bits per heavy atom. The van der Waals surface area contributed by atoms with Gasteiger partial charge in [0.2, 0.25) is 0 Å². The van der Waals surface area contributed by atoms with Crippen molar-refractivity contribution in [3.63, 3.8) is 0 Å². The lowest BCUT2D eigenvalue weighted by molar-refractivity contribution is 0.0697. The van der Waals surface area contributed by atoms with Crippen molar-refractivity contribution in [2.45, 2.75) is 65.2 Å². The summed E-state index contributed by atoms with van der Waals surface area (Å²) in [5, 5.41) is 9.73. The fourth-order valence-corrected chi connectivity index (χ4v) is 5.67. The quantitative estimate of drug-likeness (QED) is 0.426. The van der Waals surface area contributed by atoms with E-state index in [1.807, 2.05) is 42.1 Å². The van der Waals surface area contributed by atoms with Crippen LogP contribution < -0.4 is 0 Å². The zero-order chi connectivity index (χ0) is 21.3. The summed E-state index contributed by atoms with van der Waals surface area (Å²) in [6, 6.07) is 14.1. The van der Waals surface area contributed by atoms with Crippen LogP contribution >= 0.6 is 11.8 Å². The molecule has 1 saturated carbocycles. The molecular formula is C27H36O2S. The predicted octanol–water partition coefficient (Wildman–Crippen LogP) is 7.63. The summed E-state index contributed by atoms with van der Waals surface area (Å²) < 4.78 is 0. The van der Waals surface area contributed by atoms with E-state index in [1.54, 1.807) is 0 Å². The van der Waals surface area contributed by atoms with Gasteiger partial charge in [-0.2, -0.15) is 11.8 Å². The SMILES string of the molecule is CCSCC(CCC1CCCCC1)Cc1ccc(C(=O)O)c(-c2ccccc2C)c1. The molecule has 1 N–H and O–H groups in total. The van der Waals surface area contributed by atoms with E-state index in [0.717, 1.165) is 34.8 Å². The van der Waals surface area contributed by atoms with Crippen molar-refractivity contribution in [3.05, 3.63) is 59.2 Å². The molecule has 162 valence electrons. The minimum Gasteiger partial charge on any atom is -0.478 e. The highest BCUT2D eigenvalue weighted by Crippen LogP contribution is 2.32. The number of carbonyl (C=O) groups is 1. The van der Waals surface area contributed by atoms with E-state index in [1.165, 1.54) is 56.3 Å². The Hall–Kier alpha value is -1.74. The molecule has 1 atom stereocenters. The maximum Gasteiger partial charge on any atom is 0.336 e. The van der Waals surface area contributed by atoms with E-state index in [2.05, 4.69) is 26.0 Å². The smallest absolute Gasteiger partial charge is 0.336 e. The zero-order valence-electron chi connectivity index (χ0n) is 18.5. The molecule has 30 heavy (non-hydrogen) atoms. The summed E-state index contributed by atoms with van der Waals surface area (Å²) >= 11 is 2.04. The van der Waals surface area contributed by atoms with Crippen LogP contribution in [0.2, 0.25) is 0 Å². The van der Waals surface area contributed by atoms with E-state index in [4.69, 9.17) is 0 Å². The van der Waals surface area contributed by atoms with Crippen molar-refractivity contribution in [1.82, 2.24) is 0 Å². The van der Waals surface area contributed by atoms with Crippen LogP contribution in [0.3, 0.4) is 0 Å². The third-order valence-corrected chi connectivity index (χ3v) is 7.65. The lowest BCUT2D eigenvalue weighted by atomic mass is 9.83. The van der Waals surface area contributed by atoms with Crippen LogP contribution in [-0.4, -0.2) is 22.6 Å². The van der Waals surface area contributed by atoms with E-state index in [9.17, 15) is 9.90 Å². The van der Waals surface area contributed by atoms with Crippen LogP contribution in [0, 0.1) is 18.8 Å². The van der Waals surface area contributed by atoms with Crippen molar-refractivity contribution in [1.29, 1.82) is 0 Å². The van der Waals surface area contributed by atoms with Crippen molar-refractivity contribution in [3.8, 4) is 11.1 Å². The number of aryl methyl sites for hydroxylation is 1. The van der Waals surface area contributed by atoms with Gasteiger partial charge in [-0.15, -0.1) is 0 Å². The predicted molar refractivity (Wildman–Crippen MR) is 130 cm³/mol. The highest BCUT2D eigenvalue weighted by Gasteiger charge is 2.19. The van der Waals surface area contributed by atoms with Gasteiger partial charge in [0.25, 0.3) is 0 Å². The summed E-state index contributed by atoms with van der Waals surface area (Å²) in [5.41, 5.74) is 4.66. The van der Waals surface area contributed by atoms with Crippen LogP contribution in [0.1, 0.15) is 73.4 Å². The summed E-state index contributed by atoms with van der Waals surface area (Å²) in [6.45, 7) is 4.29. The van der Waals surface area contributed by atoms with Gasteiger partial charge in [0.15, 0.2) is 0 Å². The second kappa shape index (κ2) is 11.6. The minimum atomic E-state index is -0.852. The number of rotatable bonds is 10. The third-order valence-electron chi connectivity index (χ3n) is 6.54. The van der Waals surface area contributed by atoms with Crippen molar-refractivity contribution < 1.29 is 9.90 Å². The van der Waals surface area contributed by atoms with Crippen LogP contribution in [0.5, 0.6) is 0 Å². The molecule has 0 radical (unpaired) electrons. The van der Waals surface area contributed by atoms with E-state index in [0.29, 0.717) is 11.5 Å². The van der Waals surface area contributed by atoms with Crippen LogP contribution in [0.25, 0.3) is 11.1 Å². The third kappa shape index (κ3) is 6.38. The fourth-order valence-electron chi connectivity index (χ4n) is 4.81. The standard InChI is InChI=1S/C27H36O2S/c1-3-30-19-23(14-13-21-10-5-4-6-11-21)17-22-15-16-25(27(28)29)26(18-22)24-12-8-7-9-20(24)2/h7-9,12,15-16,18,21,23H,3-6,10-11,13-14,17,19H2,1-2H3,(H,28,29). The molecule has 1 fully saturated rings. The molecule has 2 aromatic carbocycles. The van der Waals surface area contributed by atoms with Gasteiger partial charge < -0.3 is 5.11 Å². The molecule has 3 rings (SSSR count). The maximum absolute atomic E-state index is 11.9. The molecule has 3 heteroatoms. The molecule has 0 amide bonds. The number of carboxylic acid groups (broad SMARTS) is 1. The average molecular weight is 425 g/mol. The first-order valence-electron chi connectivity index (χ1n) is 11.6. The second-order valence-electron chi connectivity index (χ2n) is 8.81. The van der Waals surface area contributed by atoms with E-state index < -0.39 is 5.97 Å². The van der Waals surface area contributed by atoms with Gasteiger partial charge in [-0.1, -0.05) is 81.8 Å². The number of hydrogen-bond acceptors (Lipinski definition) is 2. The molecule has 1 aliphatic rings. The van der Waals surface area contributed by atoms with Crippen molar-refractivity contribution in [2.24, 2.45) is 11.8 Å². The van der Waals surface area contributed by atoms with Crippen LogP contribution in [0.4, 0.5) is 0 Å². The number of carboxylic acids is 1. The number of benzene rings is 2. The molecule has 2 aromatic rings. The Kier molecular flexibility index (Phi) is 8.87. The summed E-state index contributed by atoms with van der Waals surface area (Å²) in [7, 11) is 0. The maximum atomic E-state index is 11.9. The molecule has 0 aliphatic heterocycles. The minimum absolute atomic E-state index is 0.398. The molecule has 2 nitrogen and oxygen atoms in total.